The molecule has 0 bridgehead atoms. The van der Waals surface area contributed by atoms with Crippen LogP contribution in [-0.4, -0.2) is 23.4 Å². The summed E-state index contributed by atoms with van der Waals surface area (Å²) < 4.78 is 0. The van der Waals surface area contributed by atoms with Gasteiger partial charge in [0.2, 0.25) is 0 Å². The third-order valence-corrected chi connectivity index (χ3v) is 1.92. The maximum Gasteiger partial charge on any atom is 0.311 e. The smallest absolute Gasteiger partial charge is 0.311 e. The Balaban J connectivity index is 2.65. The number of hydrogen-bond acceptors (Lipinski definition) is 3. The first kappa shape index (κ1) is 7.21. The summed E-state index contributed by atoms with van der Waals surface area (Å²) in [6, 6.07) is 0. The molecule has 0 unspecified atom stereocenters. The lowest BCUT2D eigenvalue weighted by molar-refractivity contribution is -0.159. The number of ketones is 1. The van der Waals surface area contributed by atoms with Crippen molar-refractivity contribution < 1.29 is 14.7 Å². The van der Waals surface area contributed by atoms with Gasteiger partial charge in [0, 0.05) is 19.4 Å². The van der Waals surface area contributed by atoms with E-state index in [0.717, 1.165) is 0 Å². The Labute approximate surface area is 58.0 Å². The van der Waals surface area contributed by atoms with Crippen molar-refractivity contribution in [2.75, 3.05) is 6.54 Å². The molecule has 4 nitrogen and oxygen atoms in total. The van der Waals surface area contributed by atoms with E-state index >= 15 is 0 Å². The molecule has 0 atom stereocenters. The maximum absolute atomic E-state index is 10.5. The van der Waals surface area contributed by atoms with Crippen LogP contribution in [0.25, 0.3) is 0 Å². The lowest BCUT2D eigenvalue weighted by Crippen LogP contribution is -2.49. The second-order valence-corrected chi connectivity index (χ2v) is 2.68. The molecule has 0 aromatic rings. The highest BCUT2D eigenvalue weighted by atomic mass is 16.4. The molecule has 1 saturated carbocycles. The van der Waals surface area contributed by atoms with E-state index < -0.39 is 11.4 Å². The van der Waals surface area contributed by atoms with E-state index in [1.807, 2.05) is 0 Å². The summed E-state index contributed by atoms with van der Waals surface area (Å²) in [7, 11) is 0. The second kappa shape index (κ2) is 2.05. The SMILES string of the molecule is NCC1(C(=O)O)CC(=O)C1. The van der Waals surface area contributed by atoms with Gasteiger partial charge in [0.25, 0.3) is 0 Å². The Morgan fingerprint density at radius 2 is 2.20 bits per heavy atom. The highest BCUT2D eigenvalue weighted by molar-refractivity contribution is 5.97. The van der Waals surface area contributed by atoms with E-state index in [1.54, 1.807) is 0 Å². The molecule has 1 rings (SSSR count). The zero-order valence-corrected chi connectivity index (χ0v) is 5.46. The van der Waals surface area contributed by atoms with Gasteiger partial charge in [-0.15, -0.1) is 0 Å². The highest BCUT2D eigenvalue weighted by Crippen LogP contribution is 2.36. The van der Waals surface area contributed by atoms with Crippen LogP contribution in [0.4, 0.5) is 0 Å². The van der Waals surface area contributed by atoms with Crippen molar-refractivity contribution in [3.8, 4) is 0 Å². The van der Waals surface area contributed by atoms with E-state index in [1.165, 1.54) is 0 Å². The van der Waals surface area contributed by atoms with Crippen LogP contribution in [0.5, 0.6) is 0 Å². The molecular weight excluding hydrogens is 134 g/mol. The molecule has 1 aliphatic carbocycles. The number of aliphatic carboxylic acids is 1. The topological polar surface area (TPSA) is 80.4 Å². The first-order chi connectivity index (χ1) is 4.60. The summed E-state index contributed by atoms with van der Waals surface area (Å²) in [4.78, 5) is 20.9. The van der Waals surface area contributed by atoms with Crippen molar-refractivity contribution in [1.82, 2.24) is 0 Å². The van der Waals surface area contributed by atoms with Crippen molar-refractivity contribution >= 4 is 11.8 Å². The summed E-state index contributed by atoms with van der Waals surface area (Å²) in [6.07, 6.45) is 0.220. The van der Waals surface area contributed by atoms with Gasteiger partial charge in [-0.1, -0.05) is 0 Å². The van der Waals surface area contributed by atoms with Crippen LogP contribution in [0.1, 0.15) is 12.8 Å². The van der Waals surface area contributed by atoms with Crippen LogP contribution in [0.3, 0.4) is 0 Å². The molecule has 0 aliphatic heterocycles. The van der Waals surface area contributed by atoms with Crippen molar-refractivity contribution in [3.63, 3.8) is 0 Å². The molecule has 0 radical (unpaired) electrons. The Bertz CT molecular complexity index is 179. The lowest BCUT2D eigenvalue weighted by Gasteiger charge is -2.34. The number of Topliss-reactive ketones (excluding diaryl/α,β-unsaturated/α-hetero) is 1. The molecule has 1 aliphatic rings. The molecule has 0 heterocycles. The Hall–Kier alpha value is -0.900. The number of carbonyl (C=O) groups is 2. The zero-order chi connectivity index (χ0) is 7.78. The summed E-state index contributed by atoms with van der Waals surface area (Å²) in [5, 5.41) is 8.57. The van der Waals surface area contributed by atoms with E-state index in [4.69, 9.17) is 10.8 Å². The van der Waals surface area contributed by atoms with E-state index in [2.05, 4.69) is 0 Å². The fourth-order valence-corrected chi connectivity index (χ4v) is 1.09. The fourth-order valence-electron chi connectivity index (χ4n) is 1.09. The Morgan fingerprint density at radius 1 is 1.70 bits per heavy atom. The molecule has 10 heavy (non-hydrogen) atoms. The first-order valence-electron chi connectivity index (χ1n) is 3.06. The van der Waals surface area contributed by atoms with E-state index in [-0.39, 0.29) is 25.2 Å². The van der Waals surface area contributed by atoms with Gasteiger partial charge in [-0.05, 0) is 0 Å². The minimum absolute atomic E-state index is 0.00662. The van der Waals surface area contributed by atoms with Crippen LogP contribution < -0.4 is 5.73 Å². The third-order valence-electron chi connectivity index (χ3n) is 1.92. The Morgan fingerprint density at radius 3 is 2.30 bits per heavy atom. The molecule has 4 heteroatoms. The van der Waals surface area contributed by atoms with Crippen molar-refractivity contribution in [1.29, 1.82) is 0 Å². The average molecular weight is 143 g/mol. The molecule has 0 aromatic carbocycles. The van der Waals surface area contributed by atoms with Crippen LogP contribution in [0, 0.1) is 5.41 Å². The zero-order valence-electron chi connectivity index (χ0n) is 5.46. The minimum Gasteiger partial charge on any atom is -0.481 e. The van der Waals surface area contributed by atoms with Crippen LogP contribution in [-0.2, 0) is 9.59 Å². The highest BCUT2D eigenvalue weighted by Gasteiger charge is 2.48. The number of rotatable bonds is 2. The third kappa shape index (κ3) is 0.806. The number of carbonyl (C=O) groups excluding carboxylic acids is 1. The van der Waals surface area contributed by atoms with Gasteiger partial charge >= 0.3 is 5.97 Å². The summed E-state index contributed by atoms with van der Waals surface area (Å²) in [6.45, 7) is 0.0636. The largest absolute Gasteiger partial charge is 0.481 e. The molecule has 3 N–H and O–H groups in total. The predicted octanol–water partition coefficient (Wildman–Crippen LogP) is -0.621. The molecule has 0 aromatic heterocycles. The van der Waals surface area contributed by atoms with Crippen molar-refractivity contribution in [3.05, 3.63) is 0 Å². The Kier molecular flexibility index (Phi) is 1.48. The summed E-state index contributed by atoms with van der Waals surface area (Å²) in [5.74, 6) is -0.956. The molecule has 0 amide bonds. The van der Waals surface area contributed by atoms with Crippen LogP contribution >= 0.6 is 0 Å². The standard InChI is InChI=1S/C6H9NO3/c7-3-6(5(9)10)1-4(8)2-6/h1-3,7H2,(H,9,10). The number of carboxylic acid groups (broad SMARTS) is 1. The maximum atomic E-state index is 10.5. The van der Waals surface area contributed by atoms with Crippen molar-refractivity contribution in [2.24, 2.45) is 11.1 Å². The fraction of sp³-hybridized carbons (Fsp3) is 0.667. The molecule has 1 fully saturated rings. The van der Waals surface area contributed by atoms with Gasteiger partial charge < -0.3 is 10.8 Å². The van der Waals surface area contributed by atoms with Crippen molar-refractivity contribution in [2.45, 2.75) is 12.8 Å². The lowest BCUT2D eigenvalue weighted by atomic mass is 9.68. The predicted molar refractivity (Wildman–Crippen MR) is 33.4 cm³/mol. The number of nitrogens with two attached hydrogens (primary N) is 1. The molecule has 56 valence electrons. The summed E-state index contributed by atoms with van der Waals surface area (Å²) >= 11 is 0. The van der Waals surface area contributed by atoms with Crippen LogP contribution in [0.2, 0.25) is 0 Å². The van der Waals surface area contributed by atoms with Gasteiger partial charge in [-0.25, -0.2) is 0 Å². The van der Waals surface area contributed by atoms with Gasteiger partial charge in [0.15, 0.2) is 0 Å². The van der Waals surface area contributed by atoms with E-state index in [9.17, 15) is 9.59 Å². The van der Waals surface area contributed by atoms with Crippen LogP contribution in [0.15, 0.2) is 0 Å². The number of carboxylic acids is 1. The minimum atomic E-state index is -0.949. The van der Waals surface area contributed by atoms with Gasteiger partial charge in [-0.3, -0.25) is 9.59 Å². The second-order valence-electron chi connectivity index (χ2n) is 2.68. The normalized spacial score (nSPS) is 21.9. The number of hydrogen-bond donors (Lipinski definition) is 2. The summed E-state index contributed by atoms with van der Waals surface area (Å²) in [5.41, 5.74) is 4.28. The monoisotopic (exact) mass is 143 g/mol. The van der Waals surface area contributed by atoms with Gasteiger partial charge in [0.1, 0.15) is 5.78 Å². The molecular formula is C6H9NO3. The quantitative estimate of drug-likeness (QED) is 0.539. The van der Waals surface area contributed by atoms with Gasteiger partial charge in [-0.2, -0.15) is 0 Å². The van der Waals surface area contributed by atoms with Gasteiger partial charge in [0.05, 0.1) is 5.41 Å². The first-order valence-corrected chi connectivity index (χ1v) is 3.06. The average Bonchev–Trinajstić information content (AvgIpc) is 1.79. The molecule has 0 spiro atoms. The van der Waals surface area contributed by atoms with E-state index in [0.29, 0.717) is 0 Å². The molecule has 0 saturated heterocycles.